The first-order chi connectivity index (χ1) is 16.6. The first kappa shape index (κ1) is 26.8. The van der Waals surface area contributed by atoms with Crippen molar-refractivity contribution < 1.29 is 33.1 Å². The number of alkyl halides is 2. The molecule has 2 atom stereocenters. The van der Waals surface area contributed by atoms with Crippen LogP contribution in [0.2, 0.25) is 0 Å². The van der Waals surface area contributed by atoms with E-state index in [2.05, 4.69) is 29.0 Å². The van der Waals surface area contributed by atoms with Crippen molar-refractivity contribution in [2.45, 2.75) is 31.9 Å². The molecule has 0 spiro atoms. The third-order valence-corrected chi connectivity index (χ3v) is 4.87. The Kier molecular flexibility index (Phi) is 9.33. The lowest BCUT2D eigenvalue weighted by Crippen LogP contribution is -2.68. The molecule has 8 nitrogen and oxygen atoms in total. The predicted molar refractivity (Wildman–Crippen MR) is 123 cm³/mol. The predicted octanol–water partition coefficient (Wildman–Crippen LogP) is 1.86. The van der Waals surface area contributed by atoms with Crippen LogP contribution in [-0.2, 0) is 9.59 Å². The number of amides is 3. The zero-order valence-electron chi connectivity index (χ0n) is 19.1. The Bertz CT molecular complexity index is 1210. The van der Waals surface area contributed by atoms with Crippen LogP contribution in [0.4, 0.5) is 8.78 Å². The summed E-state index contributed by atoms with van der Waals surface area (Å²) < 4.78 is 32.7. The zero-order valence-corrected chi connectivity index (χ0v) is 19.1. The van der Waals surface area contributed by atoms with Crippen LogP contribution in [0, 0.1) is 23.7 Å². The average molecular weight is 483 g/mol. The van der Waals surface area contributed by atoms with Gasteiger partial charge >= 0.3 is 0 Å². The van der Waals surface area contributed by atoms with E-state index in [9.17, 15) is 23.2 Å². The first-order valence-electron chi connectivity index (χ1n) is 10.2. The normalized spacial score (nSPS) is 12.5. The van der Waals surface area contributed by atoms with Gasteiger partial charge in [0, 0.05) is 18.1 Å². The van der Waals surface area contributed by atoms with E-state index in [-0.39, 0.29) is 5.56 Å². The van der Waals surface area contributed by atoms with E-state index >= 15 is 0 Å². The minimum Gasteiger partial charge on any atom is -0.495 e. The second-order valence-corrected chi connectivity index (χ2v) is 7.42. The molecular formula is C25H23F2N3O5. The topological polar surface area (TPSA) is 117 Å². The van der Waals surface area contributed by atoms with Crippen molar-refractivity contribution in [3.8, 4) is 29.4 Å². The van der Waals surface area contributed by atoms with E-state index < -0.39 is 35.7 Å². The maximum Gasteiger partial charge on any atom is 0.268 e. The lowest BCUT2D eigenvalue weighted by molar-refractivity contribution is -0.137. The number of rotatable bonds is 7. The van der Waals surface area contributed by atoms with Gasteiger partial charge in [0.05, 0.1) is 12.7 Å². The molecule has 35 heavy (non-hydrogen) atoms. The number of halogens is 2. The Morgan fingerprint density at radius 2 is 1.66 bits per heavy atom. The summed E-state index contributed by atoms with van der Waals surface area (Å²) >= 11 is 0. The smallest absolute Gasteiger partial charge is 0.268 e. The van der Waals surface area contributed by atoms with Crippen LogP contribution >= 0.6 is 0 Å². The van der Waals surface area contributed by atoms with E-state index in [1.165, 1.54) is 36.9 Å². The highest BCUT2D eigenvalue weighted by Crippen LogP contribution is 2.21. The van der Waals surface area contributed by atoms with Crippen LogP contribution in [0.5, 0.6) is 5.75 Å². The largest absolute Gasteiger partial charge is 0.495 e. The fourth-order valence-electron chi connectivity index (χ4n) is 3.05. The Hall–Kier alpha value is -4.41. The number of methoxy groups -OCH3 is 1. The van der Waals surface area contributed by atoms with Crippen LogP contribution in [0.15, 0.2) is 48.5 Å². The average Bonchev–Trinajstić information content (AvgIpc) is 2.84. The molecule has 2 unspecified atom stereocenters. The molecule has 0 radical (unpaired) electrons. The standard InChI is InChI=1S/C25H23F2N3O5/c1-16(31)29-25(2,24(26)27)21(23(33)30-34)28-22(32)19-14-12-17(13-15-19)8-4-5-9-18-10-6-7-11-20(18)35-3/h6-7,10-15,21,24,34H,1-3H3,(H,28,32)(H,29,31)(H,30,33). The molecular weight excluding hydrogens is 460 g/mol. The number of nitrogens with one attached hydrogen (secondary N) is 3. The van der Waals surface area contributed by atoms with Gasteiger partial charge in [-0.2, -0.15) is 0 Å². The van der Waals surface area contributed by atoms with E-state index in [1.807, 2.05) is 17.4 Å². The van der Waals surface area contributed by atoms with Gasteiger partial charge in [-0.3, -0.25) is 19.6 Å². The van der Waals surface area contributed by atoms with Crippen LogP contribution in [-0.4, -0.2) is 48.0 Å². The molecule has 0 saturated heterocycles. The minimum absolute atomic E-state index is 0.0332. The van der Waals surface area contributed by atoms with E-state index in [0.29, 0.717) is 16.9 Å². The molecule has 0 aliphatic heterocycles. The lowest BCUT2D eigenvalue weighted by Gasteiger charge is -2.36. The van der Waals surface area contributed by atoms with Crippen molar-refractivity contribution >= 4 is 17.7 Å². The molecule has 0 bridgehead atoms. The lowest BCUT2D eigenvalue weighted by atomic mass is 9.91. The highest BCUT2D eigenvalue weighted by molar-refractivity contribution is 5.98. The van der Waals surface area contributed by atoms with Crippen LogP contribution in [0.3, 0.4) is 0 Å². The summed E-state index contributed by atoms with van der Waals surface area (Å²) in [6, 6.07) is 11.0. The molecule has 0 aliphatic rings. The quantitative estimate of drug-likeness (QED) is 0.273. The highest BCUT2D eigenvalue weighted by atomic mass is 19.3. The number of para-hydroxylation sites is 1. The van der Waals surface area contributed by atoms with Gasteiger partial charge in [0.1, 0.15) is 17.3 Å². The van der Waals surface area contributed by atoms with E-state index in [4.69, 9.17) is 9.94 Å². The SMILES string of the molecule is COc1ccccc1C#CC#Cc1ccc(C(=O)NC(C(=O)NO)C(C)(NC(C)=O)C(F)F)cc1. The van der Waals surface area contributed by atoms with Crippen molar-refractivity contribution in [1.82, 2.24) is 16.1 Å². The number of hydrogen-bond donors (Lipinski definition) is 4. The molecule has 0 fully saturated rings. The van der Waals surface area contributed by atoms with Crippen molar-refractivity contribution in [2.75, 3.05) is 7.11 Å². The summed E-state index contributed by atoms with van der Waals surface area (Å²) in [5.74, 6) is 8.63. The maximum absolute atomic E-state index is 13.7. The van der Waals surface area contributed by atoms with E-state index in [1.54, 1.807) is 12.1 Å². The number of carbonyl (C=O) groups is 3. The number of benzene rings is 2. The molecule has 2 aromatic rings. The van der Waals surface area contributed by atoms with Gasteiger partial charge in [-0.15, -0.1) is 0 Å². The fraction of sp³-hybridized carbons (Fsp3) is 0.240. The number of hydrogen-bond acceptors (Lipinski definition) is 5. The number of ether oxygens (including phenoxy) is 1. The Labute approximate surface area is 201 Å². The van der Waals surface area contributed by atoms with Crippen LogP contribution in [0.1, 0.15) is 35.3 Å². The van der Waals surface area contributed by atoms with Gasteiger partial charge in [0.25, 0.3) is 18.2 Å². The van der Waals surface area contributed by atoms with Gasteiger partial charge in [-0.25, -0.2) is 14.3 Å². The molecule has 182 valence electrons. The van der Waals surface area contributed by atoms with Crippen molar-refractivity contribution in [2.24, 2.45) is 0 Å². The third kappa shape index (κ3) is 7.03. The molecule has 0 heterocycles. The van der Waals surface area contributed by atoms with Gasteiger partial charge in [0.2, 0.25) is 5.91 Å². The minimum atomic E-state index is -3.25. The summed E-state index contributed by atoms with van der Waals surface area (Å²) in [6.07, 6.45) is -3.25. The summed E-state index contributed by atoms with van der Waals surface area (Å²) in [4.78, 5) is 36.1. The fourth-order valence-corrected chi connectivity index (χ4v) is 3.05. The van der Waals surface area contributed by atoms with Crippen molar-refractivity contribution in [3.05, 3.63) is 65.2 Å². The maximum atomic E-state index is 13.7. The first-order valence-corrected chi connectivity index (χ1v) is 10.2. The van der Waals surface area contributed by atoms with Gasteiger partial charge in [-0.05, 0) is 61.1 Å². The summed E-state index contributed by atoms with van der Waals surface area (Å²) in [6.45, 7) is 1.86. The van der Waals surface area contributed by atoms with Gasteiger partial charge in [-0.1, -0.05) is 18.1 Å². The zero-order chi connectivity index (χ0) is 26.0. The number of carbonyl (C=O) groups excluding carboxylic acids is 3. The molecule has 0 aliphatic carbocycles. The molecule has 0 saturated carbocycles. The second-order valence-electron chi connectivity index (χ2n) is 7.42. The van der Waals surface area contributed by atoms with Gasteiger partial charge in [0.15, 0.2) is 0 Å². The summed E-state index contributed by atoms with van der Waals surface area (Å²) in [5.41, 5.74) is -0.0198. The molecule has 0 aromatic heterocycles. The molecule has 3 amide bonds. The summed E-state index contributed by atoms with van der Waals surface area (Å²) in [5, 5.41) is 13.1. The molecule has 4 N–H and O–H groups in total. The van der Waals surface area contributed by atoms with E-state index in [0.717, 1.165) is 13.8 Å². The molecule has 2 rings (SSSR count). The molecule has 2 aromatic carbocycles. The van der Waals surface area contributed by atoms with Gasteiger partial charge < -0.3 is 15.4 Å². The molecule has 10 heteroatoms. The monoisotopic (exact) mass is 483 g/mol. The van der Waals surface area contributed by atoms with Crippen molar-refractivity contribution in [1.29, 1.82) is 0 Å². The van der Waals surface area contributed by atoms with Crippen LogP contribution < -0.4 is 20.9 Å². The van der Waals surface area contributed by atoms with Crippen LogP contribution in [0.25, 0.3) is 0 Å². The van der Waals surface area contributed by atoms with Crippen molar-refractivity contribution in [3.63, 3.8) is 0 Å². The number of hydroxylamine groups is 1. The third-order valence-electron chi connectivity index (χ3n) is 4.87. The Balaban J connectivity index is 2.19. The second kappa shape index (κ2) is 12.2. The summed E-state index contributed by atoms with van der Waals surface area (Å²) in [7, 11) is 1.54. The Morgan fingerprint density at radius 1 is 1.03 bits per heavy atom. The highest BCUT2D eigenvalue weighted by Gasteiger charge is 2.48. The Morgan fingerprint density at radius 3 is 2.23 bits per heavy atom.